The molecule has 0 aliphatic rings. The van der Waals surface area contributed by atoms with Crippen molar-refractivity contribution in [1.82, 2.24) is 15.1 Å². The number of benzene rings is 2. The van der Waals surface area contributed by atoms with Gasteiger partial charge in [0, 0.05) is 18.2 Å². The smallest absolute Gasteiger partial charge is 0.266 e. The van der Waals surface area contributed by atoms with Crippen LogP contribution < -0.4 is 20.3 Å². The zero-order valence-corrected chi connectivity index (χ0v) is 18.1. The summed E-state index contributed by atoms with van der Waals surface area (Å²) in [5.74, 6) is 1.22. The SMILES string of the molecule is CCOc1ccc(-c2ccc(=O)n(CCNC(=O)COc3cccc(C)c3C)n2)cc1. The Balaban J connectivity index is 1.55. The van der Waals surface area contributed by atoms with Crippen LogP contribution in [0.2, 0.25) is 0 Å². The summed E-state index contributed by atoms with van der Waals surface area (Å²) in [4.78, 5) is 24.2. The molecule has 0 saturated heterocycles. The highest BCUT2D eigenvalue weighted by atomic mass is 16.5. The highest BCUT2D eigenvalue weighted by Gasteiger charge is 2.08. The van der Waals surface area contributed by atoms with E-state index >= 15 is 0 Å². The minimum absolute atomic E-state index is 0.0845. The van der Waals surface area contributed by atoms with E-state index in [0.29, 0.717) is 18.1 Å². The molecule has 0 fully saturated rings. The molecule has 0 saturated carbocycles. The second kappa shape index (κ2) is 10.4. The summed E-state index contributed by atoms with van der Waals surface area (Å²) < 4.78 is 12.4. The van der Waals surface area contributed by atoms with E-state index in [1.807, 2.05) is 63.2 Å². The third-order valence-electron chi connectivity index (χ3n) is 4.89. The maximum Gasteiger partial charge on any atom is 0.266 e. The minimum Gasteiger partial charge on any atom is -0.494 e. The minimum atomic E-state index is -0.253. The summed E-state index contributed by atoms with van der Waals surface area (Å²) in [5.41, 5.74) is 3.44. The Kier molecular flexibility index (Phi) is 7.43. The molecule has 1 amide bonds. The number of hydrogen-bond donors (Lipinski definition) is 1. The molecular formula is C24H27N3O4. The number of rotatable bonds is 9. The number of carbonyl (C=O) groups excluding carboxylic acids is 1. The van der Waals surface area contributed by atoms with Crippen LogP contribution in [0.5, 0.6) is 11.5 Å². The first-order valence-electron chi connectivity index (χ1n) is 10.2. The average molecular weight is 421 g/mol. The molecule has 2 aromatic carbocycles. The van der Waals surface area contributed by atoms with Crippen LogP contribution in [0, 0.1) is 13.8 Å². The molecule has 1 aromatic heterocycles. The molecule has 1 N–H and O–H groups in total. The fourth-order valence-corrected chi connectivity index (χ4v) is 3.03. The van der Waals surface area contributed by atoms with Gasteiger partial charge in [-0.2, -0.15) is 5.10 Å². The van der Waals surface area contributed by atoms with Crippen LogP contribution in [-0.4, -0.2) is 35.4 Å². The van der Waals surface area contributed by atoms with Crippen molar-refractivity contribution < 1.29 is 14.3 Å². The molecule has 0 unspecified atom stereocenters. The molecule has 7 heteroatoms. The van der Waals surface area contributed by atoms with E-state index in [0.717, 1.165) is 22.4 Å². The quantitative estimate of drug-likeness (QED) is 0.574. The van der Waals surface area contributed by atoms with Crippen molar-refractivity contribution in [3.63, 3.8) is 0 Å². The number of carbonyl (C=O) groups is 1. The van der Waals surface area contributed by atoms with Crippen LogP contribution in [0.25, 0.3) is 11.3 Å². The molecule has 0 aliphatic carbocycles. The van der Waals surface area contributed by atoms with Crippen LogP contribution in [0.3, 0.4) is 0 Å². The Morgan fingerprint density at radius 1 is 1.03 bits per heavy atom. The molecule has 3 rings (SSSR count). The summed E-state index contributed by atoms with van der Waals surface area (Å²) in [6, 6.07) is 16.4. The van der Waals surface area contributed by atoms with Crippen molar-refractivity contribution in [3.8, 4) is 22.8 Å². The van der Waals surface area contributed by atoms with Crippen molar-refractivity contribution in [2.24, 2.45) is 0 Å². The van der Waals surface area contributed by atoms with Crippen LogP contribution in [0.15, 0.2) is 59.4 Å². The molecule has 0 aliphatic heterocycles. The van der Waals surface area contributed by atoms with Gasteiger partial charge in [-0.05, 0) is 68.3 Å². The number of amides is 1. The molecule has 0 bridgehead atoms. The van der Waals surface area contributed by atoms with E-state index in [2.05, 4.69) is 10.4 Å². The predicted molar refractivity (Wildman–Crippen MR) is 120 cm³/mol. The predicted octanol–water partition coefficient (Wildman–Crippen LogP) is 3.12. The van der Waals surface area contributed by atoms with Crippen LogP contribution in [0.4, 0.5) is 0 Å². The first kappa shape index (κ1) is 22.1. The maximum absolute atomic E-state index is 12.1. The Morgan fingerprint density at radius 3 is 2.55 bits per heavy atom. The molecule has 1 heterocycles. The second-order valence-corrected chi connectivity index (χ2v) is 7.07. The lowest BCUT2D eigenvalue weighted by Crippen LogP contribution is -2.34. The van der Waals surface area contributed by atoms with Crippen molar-refractivity contribution in [3.05, 3.63) is 76.1 Å². The van der Waals surface area contributed by atoms with Crippen LogP contribution >= 0.6 is 0 Å². The van der Waals surface area contributed by atoms with E-state index in [1.54, 1.807) is 6.07 Å². The standard InChI is InChI=1S/C24H27N3O4/c1-4-30-20-10-8-19(9-11-20)21-12-13-24(29)27(26-21)15-14-25-23(28)16-31-22-7-5-6-17(2)18(22)3/h5-13H,4,14-16H2,1-3H3,(H,25,28). The molecular weight excluding hydrogens is 394 g/mol. The maximum atomic E-state index is 12.1. The molecule has 7 nitrogen and oxygen atoms in total. The van der Waals surface area contributed by atoms with Gasteiger partial charge in [-0.25, -0.2) is 4.68 Å². The largest absolute Gasteiger partial charge is 0.494 e. The molecule has 162 valence electrons. The molecule has 3 aromatic rings. The third-order valence-corrected chi connectivity index (χ3v) is 4.89. The van der Waals surface area contributed by atoms with Crippen LogP contribution in [-0.2, 0) is 11.3 Å². The van der Waals surface area contributed by atoms with Gasteiger partial charge in [0.15, 0.2) is 6.61 Å². The lowest BCUT2D eigenvalue weighted by Gasteiger charge is -2.11. The van der Waals surface area contributed by atoms with Gasteiger partial charge in [0.25, 0.3) is 11.5 Å². The van der Waals surface area contributed by atoms with Gasteiger partial charge >= 0.3 is 0 Å². The lowest BCUT2D eigenvalue weighted by atomic mass is 10.1. The fraction of sp³-hybridized carbons (Fsp3) is 0.292. The zero-order valence-electron chi connectivity index (χ0n) is 18.1. The summed E-state index contributed by atoms with van der Waals surface area (Å²) in [6.07, 6.45) is 0. The monoisotopic (exact) mass is 421 g/mol. The number of hydrogen-bond acceptors (Lipinski definition) is 5. The number of nitrogens with zero attached hydrogens (tertiary/aromatic N) is 2. The van der Waals surface area contributed by atoms with Gasteiger partial charge in [0.2, 0.25) is 0 Å². The summed E-state index contributed by atoms with van der Waals surface area (Å²) in [5, 5.41) is 7.17. The number of aromatic nitrogens is 2. The van der Waals surface area contributed by atoms with Crippen LogP contribution in [0.1, 0.15) is 18.1 Å². The van der Waals surface area contributed by atoms with E-state index in [9.17, 15) is 9.59 Å². The highest BCUT2D eigenvalue weighted by Crippen LogP contribution is 2.21. The Morgan fingerprint density at radius 2 is 1.81 bits per heavy atom. The van der Waals surface area contributed by atoms with Gasteiger partial charge in [-0.1, -0.05) is 12.1 Å². The van der Waals surface area contributed by atoms with Crippen molar-refractivity contribution in [2.75, 3.05) is 19.8 Å². The van der Waals surface area contributed by atoms with Gasteiger partial charge in [0.05, 0.1) is 18.8 Å². The van der Waals surface area contributed by atoms with E-state index < -0.39 is 0 Å². The van der Waals surface area contributed by atoms with Crippen molar-refractivity contribution >= 4 is 5.91 Å². The van der Waals surface area contributed by atoms with Gasteiger partial charge in [-0.3, -0.25) is 9.59 Å². The first-order chi connectivity index (χ1) is 15.0. The lowest BCUT2D eigenvalue weighted by molar-refractivity contribution is -0.123. The number of nitrogens with one attached hydrogen (secondary N) is 1. The molecule has 0 radical (unpaired) electrons. The van der Waals surface area contributed by atoms with Gasteiger partial charge in [0.1, 0.15) is 11.5 Å². The van der Waals surface area contributed by atoms with E-state index in [1.165, 1.54) is 10.7 Å². The normalized spacial score (nSPS) is 10.5. The van der Waals surface area contributed by atoms with Gasteiger partial charge < -0.3 is 14.8 Å². The van der Waals surface area contributed by atoms with E-state index in [-0.39, 0.29) is 31.2 Å². The first-order valence-corrected chi connectivity index (χ1v) is 10.2. The Bertz CT molecular complexity index is 1090. The molecule has 0 spiro atoms. The topological polar surface area (TPSA) is 82.5 Å². The summed E-state index contributed by atoms with van der Waals surface area (Å²) >= 11 is 0. The number of ether oxygens (including phenoxy) is 2. The Labute approximate surface area is 181 Å². The van der Waals surface area contributed by atoms with Gasteiger partial charge in [-0.15, -0.1) is 0 Å². The third kappa shape index (κ3) is 5.94. The van der Waals surface area contributed by atoms with Crippen molar-refractivity contribution in [1.29, 1.82) is 0 Å². The second-order valence-electron chi connectivity index (χ2n) is 7.07. The number of aryl methyl sites for hydroxylation is 1. The summed E-state index contributed by atoms with van der Waals surface area (Å²) in [7, 11) is 0. The molecule has 31 heavy (non-hydrogen) atoms. The Hall–Kier alpha value is -3.61. The van der Waals surface area contributed by atoms with E-state index in [4.69, 9.17) is 9.47 Å². The highest BCUT2D eigenvalue weighted by molar-refractivity contribution is 5.77. The summed E-state index contributed by atoms with van der Waals surface area (Å²) in [6.45, 7) is 6.93. The fourth-order valence-electron chi connectivity index (χ4n) is 3.03. The van der Waals surface area contributed by atoms with Crippen molar-refractivity contribution in [2.45, 2.75) is 27.3 Å². The zero-order chi connectivity index (χ0) is 22.2. The molecule has 0 atom stereocenters. The average Bonchev–Trinajstić information content (AvgIpc) is 2.77.